The standard InChI is InChI=1S/C14H25NO3/c1-9(2)12(16)10-6-7-11(8-10)15-13(17)18-14(3,4)5/h9-11H,6-8H2,1-5H3,(H,15,17). The zero-order valence-corrected chi connectivity index (χ0v) is 12.1. The summed E-state index contributed by atoms with van der Waals surface area (Å²) < 4.78 is 5.21. The largest absolute Gasteiger partial charge is 0.444 e. The minimum Gasteiger partial charge on any atom is -0.444 e. The van der Waals surface area contributed by atoms with E-state index in [2.05, 4.69) is 5.32 Å². The number of rotatable bonds is 3. The van der Waals surface area contributed by atoms with Crippen molar-refractivity contribution in [2.75, 3.05) is 0 Å². The van der Waals surface area contributed by atoms with E-state index in [1.54, 1.807) is 0 Å². The number of hydrogen-bond acceptors (Lipinski definition) is 3. The van der Waals surface area contributed by atoms with Gasteiger partial charge in [-0.05, 0) is 40.0 Å². The lowest BCUT2D eigenvalue weighted by atomic mass is 9.94. The second-order valence-electron chi connectivity index (χ2n) is 6.41. The van der Waals surface area contributed by atoms with Crippen molar-refractivity contribution in [3.05, 3.63) is 0 Å². The minimum absolute atomic E-state index is 0.0764. The Balaban J connectivity index is 2.39. The maximum absolute atomic E-state index is 11.9. The summed E-state index contributed by atoms with van der Waals surface area (Å²) >= 11 is 0. The molecule has 1 saturated carbocycles. The maximum atomic E-state index is 11.9. The summed E-state index contributed by atoms with van der Waals surface area (Å²) in [6, 6.07) is 0.0764. The molecule has 1 N–H and O–H groups in total. The Kier molecular flexibility index (Phi) is 4.77. The molecule has 0 spiro atoms. The number of Topliss-reactive ketones (excluding diaryl/α,β-unsaturated/α-hetero) is 1. The predicted octanol–water partition coefficient (Wildman–Crippen LogP) is 2.90. The number of amides is 1. The van der Waals surface area contributed by atoms with Gasteiger partial charge in [-0.2, -0.15) is 0 Å². The summed E-state index contributed by atoms with van der Waals surface area (Å²) in [4.78, 5) is 23.5. The van der Waals surface area contributed by atoms with Gasteiger partial charge in [-0.25, -0.2) is 4.79 Å². The molecule has 4 nitrogen and oxygen atoms in total. The molecule has 18 heavy (non-hydrogen) atoms. The fourth-order valence-electron chi connectivity index (χ4n) is 2.32. The Labute approximate surface area is 109 Å². The molecule has 0 heterocycles. The van der Waals surface area contributed by atoms with Crippen LogP contribution in [0, 0.1) is 11.8 Å². The average molecular weight is 255 g/mol. The number of hydrogen-bond donors (Lipinski definition) is 1. The topological polar surface area (TPSA) is 55.4 Å². The first-order valence-electron chi connectivity index (χ1n) is 6.72. The molecule has 0 radical (unpaired) electrons. The normalized spacial score (nSPS) is 24.1. The zero-order valence-electron chi connectivity index (χ0n) is 12.1. The molecule has 1 amide bonds. The van der Waals surface area contributed by atoms with Crippen LogP contribution in [0.15, 0.2) is 0 Å². The van der Waals surface area contributed by atoms with Crippen molar-refractivity contribution in [2.45, 2.75) is 65.5 Å². The summed E-state index contributed by atoms with van der Waals surface area (Å²) in [5.41, 5.74) is -0.476. The van der Waals surface area contributed by atoms with Crippen molar-refractivity contribution in [3.8, 4) is 0 Å². The molecule has 104 valence electrons. The Hall–Kier alpha value is -1.06. The van der Waals surface area contributed by atoms with E-state index < -0.39 is 5.60 Å². The van der Waals surface area contributed by atoms with E-state index >= 15 is 0 Å². The summed E-state index contributed by atoms with van der Waals surface area (Å²) in [7, 11) is 0. The van der Waals surface area contributed by atoms with Gasteiger partial charge in [0.25, 0.3) is 0 Å². The van der Waals surface area contributed by atoms with E-state index in [1.165, 1.54) is 0 Å². The van der Waals surface area contributed by atoms with Crippen LogP contribution >= 0.6 is 0 Å². The second kappa shape index (κ2) is 5.72. The lowest BCUT2D eigenvalue weighted by Crippen LogP contribution is -2.38. The lowest BCUT2D eigenvalue weighted by Gasteiger charge is -2.21. The van der Waals surface area contributed by atoms with Crippen LogP contribution in [0.5, 0.6) is 0 Å². The Bertz CT molecular complexity index is 317. The number of carbonyl (C=O) groups is 2. The molecule has 0 bridgehead atoms. The SMILES string of the molecule is CC(C)C(=O)C1CCC(NC(=O)OC(C)(C)C)C1. The molecule has 1 aliphatic carbocycles. The van der Waals surface area contributed by atoms with Crippen LogP contribution < -0.4 is 5.32 Å². The van der Waals surface area contributed by atoms with Crippen LogP contribution in [0.4, 0.5) is 4.79 Å². The highest BCUT2D eigenvalue weighted by molar-refractivity contribution is 5.83. The molecule has 0 aromatic rings. The van der Waals surface area contributed by atoms with Crippen LogP contribution in [0.25, 0.3) is 0 Å². The van der Waals surface area contributed by atoms with E-state index in [9.17, 15) is 9.59 Å². The average Bonchev–Trinajstić information content (AvgIpc) is 2.61. The first-order chi connectivity index (χ1) is 8.19. The molecule has 4 heteroatoms. The van der Waals surface area contributed by atoms with Crippen molar-refractivity contribution in [2.24, 2.45) is 11.8 Å². The van der Waals surface area contributed by atoms with Crippen molar-refractivity contribution in [1.82, 2.24) is 5.32 Å². The number of ketones is 1. The molecule has 1 fully saturated rings. The second-order valence-corrected chi connectivity index (χ2v) is 6.41. The number of carbonyl (C=O) groups excluding carboxylic acids is 2. The van der Waals surface area contributed by atoms with Crippen molar-refractivity contribution in [3.63, 3.8) is 0 Å². The van der Waals surface area contributed by atoms with Crippen LogP contribution in [-0.2, 0) is 9.53 Å². The smallest absolute Gasteiger partial charge is 0.407 e. The third kappa shape index (κ3) is 4.67. The number of nitrogens with one attached hydrogen (secondary N) is 1. The van der Waals surface area contributed by atoms with E-state index in [4.69, 9.17) is 4.74 Å². The van der Waals surface area contributed by atoms with Crippen LogP contribution in [0.2, 0.25) is 0 Å². The maximum Gasteiger partial charge on any atom is 0.407 e. The van der Waals surface area contributed by atoms with E-state index in [1.807, 2.05) is 34.6 Å². The molecule has 0 aromatic carbocycles. The quantitative estimate of drug-likeness (QED) is 0.843. The summed E-state index contributed by atoms with van der Waals surface area (Å²) in [6.45, 7) is 9.37. The van der Waals surface area contributed by atoms with E-state index in [0.29, 0.717) is 5.78 Å². The first kappa shape index (κ1) is 15.0. The summed E-state index contributed by atoms with van der Waals surface area (Å²) in [5, 5.41) is 2.85. The Morgan fingerprint density at radius 3 is 2.33 bits per heavy atom. The van der Waals surface area contributed by atoms with Gasteiger partial charge in [0.05, 0.1) is 0 Å². The van der Waals surface area contributed by atoms with Crippen LogP contribution in [0.3, 0.4) is 0 Å². The van der Waals surface area contributed by atoms with Gasteiger partial charge >= 0.3 is 6.09 Å². The highest BCUT2D eigenvalue weighted by Gasteiger charge is 2.32. The molecule has 0 aromatic heterocycles. The predicted molar refractivity (Wildman–Crippen MR) is 70.3 cm³/mol. The molecule has 2 atom stereocenters. The molecular weight excluding hydrogens is 230 g/mol. The van der Waals surface area contributed by atoms with Gasteiger partial charge in [-0.1, -0.05) is 13.8 Å². The number of alkyl carbamates (subject to hydrolysis) is 1. The fourth-order valence-corrected chi connectivity index (χ4v) is 2.32. The molecule has 0 saturated heterocycles. The summed E-state index contributed by atoms with van der Waals surface area (Å²) in [5.74, 6) is 0.490. The van der Waals surface area contributed by atoms with Crippen molar-refractivity contribution < 1.29 is 14.3 Å². The molecule has 1 rings (SSSR count). The first-order valence-corrected chi connectivity index (χ1v) is 6.72. The van der Waals surface area contributed by atoms with Crippen molar-refractivity contribution in [1.29, 1.82) is 0 Å². The molecule has 1 aliphatic rings. The molecule has 2 unspecified atom stereocenters. The molecule has 0 aliphatic heterocycles. The van der Waals surface area contributed by atoms with E-state index in [-0.39, 0.29) is 24.0 Å². The zero-order chi connectivity index (χ0) is 13.9. The summed E-state index contributed by atoms with van der Waals surface area (Å²) in [6.07, 6.45) is 2.10. The monoisotopic (exact) mass is 255 g/mol. The van der Waals surface area contributed by atoms with E-state index in [0.717, 1.165) is 19.3 Å². The minimum atomic E-state index is -0.476. The van der Waals surface area contributed by atoms with Gasteiger partial charge in [0.15, 0.2) is 0 Å². The van der Waals surface area contributed by atoms with Crippen LogP contribution in [-0.4, -0.2) is 23.5 Å². The van der Waals surface area contributed by atoms with Gasteiger partial charge in [0.1, 0.15) is 11.4 Å². The number of ether oxygens (including phenoxy) is 1. The third-order valence-corrected chi connectivity index (χ3v) is 3.12. The fraction of sp³-hybridized carbons (Fsp3) is 0.857. The van der Waals surface area contributed by atoms with Gasteiger partial charge in [-0.15, -0.1) is 0 Å². The highest BCUT2D eigenvalue weighted by atomic mass is 16.6. The lowest BCUT2D eigenvalue weighted by molar-refractivity contribution is -0.125. The van der Waals surface area contributed by atoms with Gasteiger partial charge in [0, 0.05) is 17.9 Å². The Morgan fingerprint density at radius 1 is 1.22 bits per heavy atom. The Morgan fingerprint density at radius 2 is 1.83 bits per heavy atom. The van der Waals surface area contributed by atoms with Crippen molar-refractivity contribution >= 4 is 11.9 Å². The van der Waals surface area contributed by atoms with Gasteiger partial charge < -0.3 is 10.1 Å². The van der Waals surface area contributed by atoms with Gasteiger partial charge in [-0.3, -0.25) is 4.79 Å². The third-order valence-electron chi connectivity index (χ3n) is 3.12. The molecular formula is C14H25NO3. The van der Waals surface area contributed by atoms with Gasteiger partial charge in [0.2, 0.25) is 0 Å². The highest BCUT2D eigenvalue weighted by Crippen LogP contribution is 2.28. The van der Waals surface area contributed by atoms with Crippen LogP contribution in [0.1, 0.15) is 53.9 Å².